The van der Waals surface area contributed by atoms with Crippen molar-refractivity contribution in [3.63, 3.8) is 0 Å². The largest absolute Gasteiger partial charge is 0.295 e. The van der Waals surface area contributed by atoms with Crippen LogP contribution in [0.3, 0.4) is 0 Å². The van der Waals surface area contributed by atoms with Gasteiger partial charge in [0, 0.05) is 6.26 Å². The minimum absolute atomic E-state index is 0.365. The van der Waals surface area contributed by atoms with Crippen molar-refractivity contribution in [2.24, 2.45) is 0 Å². The van der Waals surface area contributed by atoms with E-state index in [1.165, 1.54) is 0 Å². The van der Waals surface area contributed by atoms with Crippen LogP contribution in [-0.2, 0) is 9.84 Å². The molecule has 1 rings (SSSR count). The maximum Gasteiger partial charge on any atom is 0.295 e. The third-order valence-corrected chi connectivity index (χ3v) is 3.78. The summed E-state index contributed by atoms with van der Waals surface area (Å²) in [6.45, 7) is 0. The summed E-state index contributed by atoms with van der Waals surface area (Å²) in [6.07, 6.45) is 1.07. The normalized spacial score (nSPS) is 26.5. The van der Waals surface area contributed by atoms with E-state index in [1.807, 2.05) is 0 Å². The fourth-order valence-electron chi connectivity index (χ4n) is 0.468. The number of hydrazine groups is 1. The summed E-state index contributed by atoms with van der Waals surface area (Å²) in [5.41, 5.74) is 4.49. The molecule has 0 aromatic heterocycles. The van der Waals surface area contributed by atoms with Gasteiger partial charge in [0.2, 0.25) is 0 Å². The minimum atomic E-state index is -3.17. The number of carbonyl (C=O) groups is 1. The number of nitrogens with one attached hydrogen (secondary N) is 2. The topological polar surface area (TPSA) is 75.3 Å². The van der Waals surface area contributed by atoms with E-state index in [0.717, 1.165) is 18.0 Å². The van der Waals surface area contributed by atoms with E-state index in [2.05, 4.69) is 10.9 Å². The van der Waals surface area contributed by atoms with Crippen LogP contribution in [0, 0.1) is 0 Å². The smallest absolute Gasteiger partial charge is 0.280 e. The predicted molar refractivity (Wildman–Crippen MR) is 37.9 cm³/mol. The fraction of sp³-hybridized carbons (Fsp3) is 0.667. The first-order valence-corrected chi connectivity index (χ1v) is 5.24. The fourth-order valence-corrected chi connectivity index (χ4v) is 2.13. The van der Waals surface area contributed by atoms with Crippen LogP contribution in [-0.4, -0.2) is 24.6 Å². The predicted octanol–water partition coefficient (Wildman–Crippen LogP) is -0.724. The highest BCUT2D eigenvalue weighted by molar-refractivity contribution is 8.22. The molecule has 1 fully saturated rings. The number of rotatable bonds is 1. The highest BCUT2D eigenvalue weighted by Gasteiger charge is 2.30. The first-order valence-electron chi connectivity index (χ1n) is 2.41. The Balaban J connectivity index is 2.71. The Kier molecular flexibility index (Phi) is 1.88. The Bertz CT molecular complexity index is 246. The molecule has 58 valence electrons. The quantitative estimate of drug-likeness (QED) is 0.559. The van der Waals surface area contributed by atoms with Gasteiger partial charge in [0.15, 0.2) is 14.5 Å². The maximum absolute atomic E-state index is 10.7. The van der Waals surface area contributed by atoms with Gasteiger partial charge < -0.3 is 0 Å². The summed E-state index contributed by atoms with van der Waals surface area (Å²) in [7, 11) is -3.17. The van der Waals surface area contributed by atoms with Crippen molar-refractivity contribution in [2.75, 3.05) is 6.26 Å². The summed E-state index contributed by atoms with van der Waals surface area (Å²) in [6, 6.07) is 0. The molecular formula is C3H6N2O3S2. The zero-order chi connectivity index (χ0) is 7.78. The molecule has 0 bridgehead atoms. The molecule has 0 saturated carbocycles. The minimum Gasteiger partial charge on any atom is -0.280 e. The zero-order valence-corrected chi connectivity index (χ0v) is 6.75. The second-order valence-electron chi connectivity index (χ2n) is 1.84. The standard InChI is InChI=1S/C3H6N2O3S2/c1-10(7,8)3-5-4-2(6)9-3/h3,5H,1H3,(H,4,6). The van der Waals surface area contributed by atoms with Gasteiger partial charge >= 0.3 is 0 Å². The van der Waals surface area contributed by atoms with Gasteiger partial charge in [-0.1, -0.05) is 0 Å². The van der Waals surface area contributed by atoms with E-state index in [-0.39, 0.29) is 5.24 Å². The van der Waals surface area contributed by atoms with E-state index >= 15 is 0 Å². The lowest BCUT2D eigenvalue weighted by molar-refractivity contribution is 0.259. The number of hydrogen-bond donors (Lipinski definition) is 2. The Morgan fingerprint density at radius 3 is 2.40 bits per heavy atom. The third-order valence-electron chi connectivity index (χ3n) is 0.895. The van der Waals surface area contributed by atoms with Crippen molar-refractivity contribution >= 4 is 26.8 Å². The second kappa shape index (κ2) is 2.40. The maximum atomic E-state index is 10.7. The first kappa shape index (κ1) is 7.83. The molecule has 1 aliphatic heterocycles. The number of thioether (sulfide) groups is 1. The molecule has 2 N–H and O–H groups in total. The van der Waals surface area contributed by atoms with Crippen molar-refractivity contribution in [1.82, 2.24) is 10.9 Å². The van der Waals surface area contributed by atoms with Gasteiger partial charge in [-0.05, 0) is 11.8 Å². The molecule has 10 heavy (non-hydrogen) atoms. The molecule has 5 nitrogen and oxygen atoms in total. The molecule has 0 radical (unpaired) electrons. The highest BCUT2D eigenvalue weighted by atomic mass is 32.3. The molecular weight excluding hydrogens is 176 g/mol. The second-order valence-corrected chi connectivity index (χ2v) is 5.34. The summed E-state index contributed by atoms with van der Waals surface area (Å²) < 4.78 is 20.6. The lowest BCUT2D eigenvalue weighted by Crippen LogP contribution is -2.35. The summed E-state index contributed by atoms with van der Waals surface area (Å²) in [5.74, 6) is 0. The molecule has 0 spiro atoms. The molecule has 7 heteroatoms. The molecule has 0 aromatic rings. The van der Waals surface area contributed by atoms with Gasteiger partial charge in [0.25, 0.3) is 5.24 Å². The van der Waals surface area contributed by atoms with Crippen LogP contribution < -0.4 is 10.9 Å². The Morgan fingerprint density at radius 1 is 1.60 bits per heavy atom. The van der Waals surface area contributed by atoms with Crippen LogP contribution in [0.1, 0.15) is 0 Å². The molecule has 1 saturated heterocycles. The van der Waals surface area contributed by atoms with E-state index in [9.17, 15) is 13.2 Å². The lowest BCUT2D eigenvalue weighted by atomic mass is 11.3. The van der Waals surface area contributed by atoms with E-state index in [1.54, 1.807) is 0 Å². The van der Waals surface area contributed by atoms with E-state index < -0.39 is 14.5 Å². The van der Waals surface area contributed by atoms with Crippen molar-refractivity contribution in [3.8, 4) is 0 Å². The van der Waals surface area contributed by atoms with E-state index in [0.29, 0.717) is 0 Å². The molecule has 1 atom stereocenters. The monoisotopic (exact) mass is 182 g/mol. The molecule has 1 amide bonds. The van der Waals surface area contributed by atoms with Gasteiger partial charge in [-0.15, -0.1) is 0 Å². The molecule has 0 aromatic carbocycles. The van der Waals surface area contributed by atoms with Crippen LogP contribution in [0.15, 0.2) is 0 Å². The summed E-state index contributed by atoms with van der Waals surface area (Å²) in [5, 5.41) is -0.365. The molecule has 0 aliphatic carbocycles. The van der Waals surface area contributed by atoms with Gasteiger partial charge in [0.1, 0.15) is 0 Å². The van der Waals surface area contributed by atoms with Crippen molar-refractivity contribution < 1.29 is 13.2 Å². The first-order chi connectivity index (χ1) is 4.50. The number of amides is 1. The van der Waals surface area contributed by atoms with Crippen molar-refractivity contribution in [2.45, 2.75) is 4.71 Å². The lowest BCUT2D eigenvalue weighted by Gasteiger charge is -2.01. The van der Waals surface area contributed by atoms with Crippen LogP contribution >= 0.6 is 11.8 Å². The number of carbonyl (C=O) groups excluding carboxylic acids is 1. The van der Waals surface area contributed by atoms with Crippen LogP contribution in [0.5, 0.6) is 0 Å². The van der Waals surface area contributed by atoms with Gasteiger partial charge in [0.05, 0.1) is 0 Å². The molecule has 1 aliphatic rings. The van der Waals surface area contributed by atoms with Crippen molar-refractivity contribution in [1.29, 1.82) is 0 Å². The molecule has 1 unspecified atom stereocenters. The summed E-state index contributed by atoms with van der Waals surface area (Å²) in [4.78, 5) is 10.4. The SMILES string of the molecule is CS(=O)(=O)C1NNC(=O)S1. The van der Waals surface area contributed by atoms with Crippen LogP contribution in [0.25, 0.3) is 0 Å². The highest BCUT2D eigenvalue weighted by Crippen LogP contribution is 2.17. The van der Waals surface area contributed by atoms with Gasteiger partial charge in [-0.3, -0.25) is 10.2 Å². The third kappa shape index (κ3) is 1.61. The number of hydrogen-bond acceptors (Lipinski definition) is 5. The summed E-state index contributed by atoms with van der Waals surface area (Å²) >= 11 is 0.723. The van der Waals surface area contributed by atoms with Gasteiger partial charge in [-0.25, -0.2) is 13.8 Å². The number of sulfone groups is 1. The average molecular weight is 182 g/mol. The Hall–Kier alpha value is -0.270. The Labute approximate surface area is 62.4 Å². The van der Waals surface area contributed by atoms with Gasteiger partial charge in [-0.2, -0.15) is 0 Å². The van der Waals surface area contributed by atoms with Crippen molar-refractivity contribution in [3.05, 3.63) is 0 Å². The van der Waals surface area contributed by atoms with Crippen LogP contribution in [0.2, 0.25) is 0 Å². The molecule has 1 heterocycles. The zero-order valence-electron chi connectivity index (χ0n) is 5.12. The van der Waals surface area contributed by atoms with E-state index in [4.69, 9.17) is 0 Å². The van der Waals surface area contributed by atoms with Crippen LogP contribution in [0.4, 0.5) is 4.79 Å². The Morgan fingerprint density at radius 2 is 2.20 bits per heavy atom. The average Bonchev–Trinajstić information content (AvgIpc) is 2.11.